The first-order valence-corrected chi connectivity index (χ1v) is 8.82. The Hall–Kier alpha value is -2.50. The van der Waals surface area contributed by atoms with Gasteiger partial charge in [-0.3, -0.25) is 9.59 Å². The lowest BCUT2D eigenvalue weighted by molar-refractivity contribution is -0.148. The molecule has 0 heterocycles. The van der Waals surface area contributed by atoms with E-state index in [1.807, 2.05) is 13.8 Å². The highest BCUT2D eigenvalue weighted by Gasteiger charge is 2.57. The number of hydrogen-bond acceptors (Lipinski definition) is 4. The van der Waals surface area contributed by atoms with Crippen LogP contribution in [0.2, 0.25) is 0 Å². The predicted molar refractivity (Wildman–Crippen MR) is 97.4 cm³/mol. The number of anilines is 1. The number of carboxylic acid groups (broad SMARTS) is 1. The van der Waals surface area contributed by atoms with Gasteiger partial charge in [-0.2, -0.15) is 0 Å². The molecule has 140 valence electrons. The molecule has 3 rings (SSSR count). The van der Waals surface area contributed by atoms with Crippen molar-refractivity contribution in [2.75, 3.05) is 19.5 Å². The molecule has 0 aliphatic heterocycles. The minimum Gasteiger partial charge on any atom is -0.497 e. The summed E-state index contributed by atoms with van der Waals surface area (Å²) in [6.45, 7) is 4.01. The molecule has 2 fully saturated rings. The number of amides is 1. The predicted octanol–water partition coefficient (Wildman–Crippen LogP) is 3.34. The van der Waals surface area contributed by atoms with Crippen molar-refractivity contribution in [2.24, 2.45) is 23.7 Å². The Kier molecular flexibility index (Phi) is 4.94. The third-order valence-electron chi connectivity index (χ3n) is 5.67. The van der Waals surface area contributed by atoms with E-state index in [1.54, 1.807) is 25.3 Å². The standard InChI is InChI=1S/C20H25NO5/c1-10(2)16-12-6-7-13(16)18(20(23)24)17(12)19(22)21-14-9-11(25-3)5-8-15(14)26-4/h5,8-9,12-13,17-18H,6-7H2,1-4H3,(H,21,22)(H,23,24)/t12-,13-,17-,18+/m1/s1. The van der Waals surface area contributed by atoms with Crippen LogP contribution in [0, 0.1) is 23.7 Å². The first-order valence-electron chi connectivity index (χ1n) is 8.82. The zero-order valence-electron chi connectivity index (χ0n) is 15.5. The lowest BCUT2D eigenvalue weighted by atomic mass is 9.78. The molecule has 2 N–H and O–H groups in total. The molecule has 0 radical (unpaired) electrons. The van der Waals surface area contributed by atoms with Crippen molar-refractivity contribution in [3.8, 4) is 11.5 Å². The highest BCUT2D eigenvalue weighted by Crippen LogP contribution is 2.57. The summed E-state index contributed by atoms with van der Waals surface area (Å²) >= 11 is 0. The summed E-state index contributed by atoms with van der Waals surface area (Å²) in [5, 5.41) is 12.6. The molecule has 1 aromatic carbocycles. The lowest BCUT2D eigenvalue weighted by Crippen LogP contribution is -2.37. The van der Waals surface area contributed by atoms with E-state index in [1.165, 1.54) is 7.11 Å². The molecule has 0 unspecified atom stereocenters. The maximum atomic E-state index is 13.1. The van der Waals surface area contributed by atoms with Crippen LogP contribution in [0.4, 0.5) is 5.69 Å². The molecule has 2 aliphatic carbocycles. The molecule has 2 aliphatic rings. The van der Waals surface area contributed by atoms with E-state index in [-0.39, 0.29) is 17.7 Å². The maximum Gasteiger partial charge on any atom is 0.307 e. The summed E-state index contributed by atoms with van der Waals surface area (Å²) in [7, 11) is 3.07. The lowest BCUT2D eigenvalue weighted by Gasteiger charge is -2.26. The Balaban J connectivity index is 1.92. The molecule has 1 aromatic rings. The van der Waals surface area contributed by atoms with Crippen molar-refractivity contribution in [3.63, 3.8) is 0 Å². The van der Waals surface area contributed by atoms with Crippen LogP contribution in [0.5, 0.6) is 11.5 Å². The Morgan fingerprint density at radius 2 is 1.73 bits per heavy atom. The topological polar surface area (TPSA) is 84.9 Å². The quantitative estimate of drug-likeness (QED) is 0.788. The van der Waals surface area contributed by atoms with E-state index in [9.17, 15) is 14.7 Å². The Morgan fingerprint density at radius 1 is 1.08 bits per heavy atom. The van der Waals surface area contributed by atoms with Gasteiger partial charge in [0.15, 0.2) is 0 Å². The fourth-order valence-corrected chi connectivity index (χ4v) is 4.73. The average molecular weight is 359 g/mol. The highest BCUT2D eigenvalue weighted by atomic mass is 16.5. The van der Waals surface area contributed by atoms with Crippen LogP contribution in [-0.4, -0.2) is 31.2 Å². The van der Waals surface area contributed by atoms with Crippen molar-refractivity contribution < 1.29 is 24.2 Å². The number of hydrogen-bond donors (Lipinski definition) is 2. The molecule has 4 atom stereocenters. The van der Waals surface area contributed by atoms with Gasteiger partial charge in [0.2, 0.25) is 5.91 Å². The number of rotatable bonds is 5. The summed E-state index contributed by atoms with van der Waals surface area (Å²) in [5.41, 5.74) is 2.79. The van der Waals surface area contributed by atoms with E-state index in [2.05, 4.69) is 5.32 Å². The number of nitrogens with one attached hydrogen (secondary N) is 1. The minimum absolute atomic E-state index is 0.00250. The number of ether oxygens (including phenoxy) is 2. The molecule has 26 heavy (non-hydrogen) atoms. The van der Waals surface area contributed by atoms with Gasteiger partial charge in [0, 0.05) is 6.07 Å². The fraction of sp³-hybridized carbons (Fsp3) is 0.500. The van der Waals surface area contributed by atoms with E-state index >= 15 is 0 Å². The summed E-state index contributed by atoms with van der Waals surface area (Å²) < 4.78 is 10.5. The second-order valence-electron chi connectivity index (χ2n) is 7.19. The number of aliphatic carboxylic acids is 1. The van der Waals surface area contributed by atoms with Crippen molar-refractivity contribution in [3.05, 3.63) is 29.3 Å². The molecule has 6 heteroatoms. The smallest absolute Gasteiger partial charge is 0.307 e. The van der Waals surface area contributed by atoms with Crippen LogP contribution >= 0.6 is 0 Å². The Labute approximate surface area is 153 Å². The van der Waals surface area contributed by atoms with Gasteiger partial charge >= 0.3 is 5.97 Å². The van der Waals surface area contributed by atoms with Gasteiger partial charge in [-0.25, -0.2) is 0 Å². The minimum atomic E-state index is -0.895. The van der Waals surface area contributed by atoms with E-state index in [0.717, 1.165) is 24.0 Å². The second-order valence-corrected chi connectivity index (χ2v) is 7.19. The summed E-state index contributed by atoms with van der Waals surface area (Å²) in [5.74, 6) is -1.33. The average Bonchev–Trinajstić information content (AvgIpc) is 3.17. The van der Waals surface area contributed by atoms with Gasteiger partial charge in [0.05, 0.1) is 31.7 Å². The Bertz CT molecular complexity index is 765. The van der Waals surface area contributed by atoms with Crippen molar-refractivity contribution >= 4 is 17.6 Å². The van der Waals surface area contributed by atoms with Crippen LogP contribution in [0.3, 0.4) is 0 Å². The summed E-state index contributed by atoms with van der Waals surface area (Å²) in [4.78, 5) is 25.0. The van der Waals surface area contributed by atoms with Crippen LogP contribution in [0.1, 0.15) is 26.7 Å². The summed E-state index contributed by atoms with van der Waals surface area (Å²) in [6, 6.07) is 5.14. The van der Waals surface area contributed by atoms with Crippen LogP contribution in [0.15, 0.2) is 29.3 Å². The third-order valence-corrected chi connectivity index (χ3v) is 5.67. The molecule has 0 saturated heterocycles. The van der Waals surface area contributed by atoms with Gasteiger partial charge in [-0.05, 0) is 50.7 Å². The summed E-state index contributed by atoms with van der Waals surface area (Å²) in [6.07, 6.45) is 1.71. The highest BCUT2D eigenvalue weighted by molar-refractivity contribution is 5.98. The first kappa shape index (κ1) is 18.3. The van der Waals surface area contributed by atoms with Gasteiger partial charge < -0.3 is 19.9 Å². The second kappa shape index (κ2) is 7.02. The van der Waals surface area contributed by atoms with E-state index in [0.29, 0.717) is 17.2 Å². The van der Waals surface area contributed by atoms with Crippen molar-refractivity contribution in [2.45, 2.75) is 26.7 Å². The number of fused-ring (bicyclic) bond motifs is 2. The molecule has 0 aromatic heterocycles. The van der Waals surface area contributed by atoms with Crippen LogP contribution in [0.25, 0.3) is 0 Å². The van der Waals surface area contributed by atoms with Crippen LogP contribution in [-0.2, 0) is 9.59 Å². The van der Waals surface area contributed by atoms with Crippen molar-refractivity contribution in [1.29, 1.82) is 0 Å². The maximum absolute atomic E-state index is 13.1. The van der Waals surface area contributed by atoms with E-state index in [4.69, 9.17) is 9.47 Å². The number of carbonyl (C=O) groups excluding carboxylic acids is 1. The number of benzene rings is 1. The van der Waals surface area contributed by atoms with Gasteiger partial charge in [-0.1, -0.05) is 11.1 Å². The Morgan fingerprint density at radius 3 is 2.27 bits per heavy atom. The number of carboxylic acids is 1. The number of methoxy groups -OCH3 is 2. The number of allylic oxidation sites excluding steroid dienone is 2. The van der Waals surface area contributed by atoms with E-state index < -0.39 is 17.8 Å². The largest absolute Gasteiger partial charge is 0.497 e. The number of carbonyl (C=O) groups is 2. The molecule has 2 bridgehead atoms. The van der Waals surface area contributed by atoms with Crippen LogP contribution < -0.4 is 14.8 Å². The van der Waals surface area contributed by atoms with Gasteiger partial charge in [0.1, 0.15) is 11.5 Å². The van der Waals surface area contributed by atoms with Gasteiger partial charge in [0.25, 0.3) is 0 Å². The normalized spacial score (nSPS) is 26.5. The monoisotopic (exact) mass is 359 g/mol. The molecule has 2 saturated carbocycles. The SMILES string of the molecule is COc1ccc(OC)c(NC(=O)[C@H]2[C@@H](C(=O)O)[C@@H]3CC[C@@H]2C3=C(C)C)c1. The molecular weight excluding hydrogens is 334 g/mol. The molecule has 0 spiro atoms. The molecule has 6 nitrogen and oxygen atoms in total. The third kappa shape index (κ3) is 2.93. The zero-order valence-corrected chi connectivity index (χ0v) is 15.5. The molecular formula is C20H25NO5. The fourth-order valence-electron chi connectivity index (χ4n) is 4.73. The van der Waals surface area contributed by atoms with Crippen molar-refractivity contribution in [1.82, 2.24) is 0 Å². The first-order chi connectivity index (χ1) is 12.4. The zero-order chi connectivity index (χ0) is 19.0. The van der Waals surface area contributed by atoms with Gasteiger partial charge in [-0.15, -0.1) is 0 Å². The molecule has 1 amide bonds.